The summed E-state index contributed by atoms with van der Waals surface area (Å²) in [6, 6.07) is 0.601. The second kappa shape index (κ2) is 10.3. The van der Waals surface area contributed by atoms with Crippen LogP contribution in [0.3, 0.4) is 0 Å². The molecule has 1 fully saturated rings. The van der Waals surface area contributed by atoms with E-state index in [9.17, 15) is 0 Å². The molecule has 0 spiro atoms. The van der Waals surface area contributed by atoms with Gasteiger partial charge in [0.05, 0.1) is 0 Å². The zero-order valence-corrected chi connectivity index (χ0v) is 16.7. The first-order valence-electron chi connectivity index (χ1n) is 9.99. The maximum atomic E-state index is 6.20. The van der Waals surface area contributed by atoms with Crippen LogP contribution in [0.1, 0.15) is 99.3 Å². The number of rotatable bonds is 9. The van der Waals surface area contributed by atoms with Crippen molar-refractivity contribution in [3.05, 3.63) is 12.0 Å². The van der Waals surface area contributed by atoms with Gasteiger partial charge in [0.15, 0.2) is 5.88 Å². The second-order valence-corrected chi connectivity index (χ2v) is 8.34. The van der Waals surface area contributed by atoms with Gasteiger partial charge in [0.1, 0.15) is 5.60 Å². The van der Waals surface area contributed by atoms with E-state index in [0.717, 1.165) is 11.8 Å². The summed E-state index contributed by atoms with van der Waals surface area (Å²) < 4.78 is 6.20. The van der Waals surface area contributed by atoms with Gasteiger partial charge in [0.25, 0.3) is 0 Å². The molecule has 1 aliphatic rings. The summed E-state index contributed by atoms with van der Waals surface area (Å²) in [6.45, 7) is 14.3. The molecule has 1 heterocycles. The lowest BCUT2D eigenvalue weighted by Gasteiger charge is -2.42. The molecule has 1 rings (SSSR count). The molecule has 1 saturated heterocycles. The van der Waals surface area contributed by atoms with Gasteiger partial charge in [-0.25, -0.2) is 0 Å². The Hall–Kier alpha value is -0.660. The van der Waals surface area contributed by atoms with Gasteiger partial charge in [0, 0.05) is 12.6 Å². The maximum absolute atomic E-state index is 6.20. The number of unbranched alkanes of at least 4 members (excludes halogenated alkanes) is 5. The second-order valence-electron chi connectivity index (χ2n) is 8.34. The van der Waals surface area contributed by atoms with Crippen molar-refractivity contribution in [1.29, 1.82) is 0 Å². The van der Waals surface area contributed by atoms with Crippen molar-refractivity contribution in [2.24, 2.45) is 5.92 Å². The fraction of sp³-hybridized carbons (Fsp3) is 0.905. The Labute approximate surface area is 145 Å². The highest BCUT2D eigenvalue weighted by atomic mass is 16.5. The van der Waals surface area contributed by atoms with Crippen molar-refractivity contribution in [3.8, 4) is 0 Å². The highest BCUT2D eigenvalue weighted by Crippen LogP contribution is 2.30. The number of ether oxygens (including phenoxy) is 1. The first kappa shape index (κ1) is 20.4. The van der Waals surface area contributed by atoms with Gasteiger partial charge in [-0.05, 0) is 65.9 Å². The summed E-state index contributed by atoms with van der Waals surface area (Å²) in [4.78, 5) is 2.51. The summed E-state index contributed by atoms with van der Waals surface area (Å²) in [7, 11) is 0. The third-order valence-electron chi connectivity index (χ3n) is 4.89. The molecular formula is C21H41NO. The Morgan fingerprint density at radius 1 is 1.09 bits per heavy atom. The van der Waals surface area contributed by atoms with Crippen molar-refractivity contribution in [2.75, 3.05) is 6.54 Å². The van der Waals surface area contributed by atoms with Crippen LogP contribution < -0.4 is 0 Å². The van der Waals surface area contributed by atoms with Gasteiger partial charge in [-0.2, -0.15) is 0 Å². The molecule has 1 aliphatic heterocycles. The smallest absolute Gasteiger partial charge is 0.185 e. The van der Waals surface area contributed by atoms with E-state index in [4.69, 9.17) is 4.74 Å². The molecule has 0 N–H and O–H groups in total. The third-order valence-corrected chi connectivity index (χ3v) is 4.89. The normalized spacial score (nSPS) is 23.2. The van der Waals surface area contributed by atoms with Crippen LogP contribution in [0.2, 0.25) is 0 Å². The summed E-state index contributed by atoms with van der Waals surface area (Å²) in [6.07, 6.45) is 14.6. The summed E-state index contributed by atoms with van der Waals surface area (Å²) in [5.74, 6) is 1.92. The van der Waals surface area contributed by atoms with Gasteiger partial charge >= 0.3 is 0 Å². The van der Waals surface area contributed by atoms with E-state index in [1.54, 1.807) is 0 Å². The average molecular weight is 324 g/mol. The lowest BCUT2D eigenvalue weighted by Crippen LogP contribution is -2.43. The van der Waals surface area contributed by atoms with Gasteiger partial charge < -0.3 is 9.64 Å². The van der Waals surface area contributed by atoms with E-state index in [2.05, 4.69) is 52.5 Å². The average Bonchev–Trinajstić information content (AvgIpc) is 2.49. The number of likely N-dealkylation sites (tertiary alicyclic amines) is 1. The van der Waals surface area contributed by atoms with Crippen LogP contribution in [-0.2, 0) is 4.74 Å². The monoisotopic (exact) mass is 323 g/mol. The van der Waals surface area contributed by atoms with Crippen molar-refractivity contribution in [1.82, 2.24) is 4.90 Å². The van der Waals surface area contributed by atoms with Crippen molar-refractivity contribution >= 4 is 0 Å². The minimum absolute atomic E-state index is 0.117. The van der Waals surface area contributed by atoms with Crippen molar-refractivity contribution in [2.45, 2.75) is 111 Å². The van der Waals surface area contributed by atoms with Gasteiger partial charge in [-0.1, -0.05) is 45.4 Å². The highest BCUT2D eigenvalue weighted by molar-refractivity contribution is 4.97. The first-order valence-corrected chi connectivity index (χ1v) is 9.99. The zero-order chi connectivity index (χ0) is 17.3. The summed E-state index contributed by atoms with van der Waals surface area (Å²) >= 11 is 0. The van der Waals surface area contributed by atoms with Crippen LogP contribution in [-0.4, -0.2) is 23.1 Å². The standard InChI is InChI=1S/C21H41NO/c1-7-9-10-11-12-13-14-19-16-15-18(3)22(17-19)20(8-2)23-21(4,5)6/h8,18-19H,7,9-17H2,1-6H3. The predicted molar refractivity (Wildman–Crippen MR) is 101 cm³/mol. The Bertz CT molecular complexity index is 342. The van der Waals surface area contributed by atoms with E-state index in [1.807, 2.05) is 0 Å². The van der Waals surface area contributed by atoms with Crippen LogP contribution in [0.15, 0.2) is 12.0 Å². The topological polar surface area (TPSA) is 12.5 Å². The molecule has 0 aromatic heterocycles. The SMILES string of the molecule is CC=C(OC(C)(C)C)N1CC(CCCCCCCC)CCC1C. The molecule has 0 amide bonds. The Morgan fingerprint density at radius 3 is 2.35 bits per heavy atom. The van der Waals surface area contributed by atoms with Crippen LogP contribution in [0.25, 0.3) is 0 Å². The van der Waals surface area contributed by atoms with Crippen LogP contribution in [0, 0.1) is 5.92 Å². The van der Waals surface area contributed by atoms with Gasteiger partial charge in [0.2, 0.25) is 0 Å². The molecule has 2 nitrogen and oxygen atoms in total. The lowest BCUT2D eigenvalue weighted by molar-refractivity contribution is -0.0240. The molecule has 0 bridgehead atoms. The minimum atomic E-state index is -0.117. The zero-order valence-electron chi connectivity index (χ0n) is 16.7. The molecule has 0 aromatic carbocycles. The third kappa shape index (κ3) is 8.13. The molecular weight excluding hydrogens is 282 g/mol. The van der Waals surface area contributed by atoms with E-state index >= 15 is 0 Å². The van der Waals surface area contributed by atoms with Crippen LogP contribution in [0.5, 0.6) is 0 Å². The highest BCUT2D eigenvalue weighted by Gasteiger charge is 2.28. The van der Waals surface area contributed by atoms with Crippen molar-refractivity contribution < 1.29 is 4.74 Å². The van der Waals surface area contributed by atoms with Crippen LogP contribution >= 0.6 is 0 Å². The molecule has 2 heteroatoms. The fourth-order valence-corrected chi connectivity index (χ4v) is 3.54. The molecule has 0 aliphatic carbocycles. The summed E-state index contributed by atoms with van der Waals surface area (Å²) in [5.41, 5.74) is -0.117. The Kier molecular flexibility index (Phi) is 9.09. The molecule has 0 saturated carbocycles. The molecule has 0 aromatic rings. The number of hydrogen-bond acceptors (Lipinski definition) is 2. The first-order chi connectivity index (χ1) is 10.9. The van der Waals surface area contributed by atoms with E-state index < -0.39 is 0 Å². The molecule has 23 heavy (non-hydrogen) atoms. The maximum Gasteiger partial charge on any atom is 0.185 e. The molecule has 136 valence electrons. The van der Waals surface area contributed by atoms with Crippen LogP contribution in [0.4, 0.5) is 0 Å². The van der Waals surface area contributed by atoms with Crippen molar-refractivity contribution in [3.63, 3.8) is 0 Å². The fourth-order valence-electron chi connectivity index (χ4n) is 3.54. The molecule has 0 radical (unpaired) electrons. The minimum Gasteiger partial charge on any atom is -0.474 e. The largest absolute Gasteiger partial charge is 0.474 e. The number of allylic oxidation sites excluding steroid dienone is 1. The summed E-state index contributed by atoms with van der Waals surface area (Å²) in [5, 5.41) is 0. The Balaban J connectivity index is 2.42. The van der Waals surface area contributed by atoms with Gasteiger partial charge in [-0.3, -0.25) is 0 Å². The van der Waals surface area contributed by atoms with E-state index in [0.29, 0.717) is 6.04 Å². The number of nitrogens with zero attached hydrogens (tertiary/aromatic N) is 1. The predicted octanol–water partition coefficient (Wildman–Crippen LogP) is 6.51. The van der Waals surface area contributed by atoms with E-state index in [1.165, 1.54) is 64.3 Å². The Morgan fingerprint density at radius 2 is 1.74 bits per heavy atom. The number of hydrogen-bond donors (Lipinski definition) is 0. The quantitative estimate of drug-likeness (QED) is 0.354. The molecule has 2 unspecified atom stereocenters. The van der Waals surface area contributed by atoms with Gasteiger partial charge in [-0.15, -0.1) is 0 Å². The number of piperidine rings is 1. The van der Waals surface area contributed by atoms with E-state index in [-0.39, 0.29) is 5.60 Å². The molecule has 2 atom stereocenters. The lowest BCUT2D eigenvalue weighted by atomic mass is 9.89.